The lowest BCUT2D eigenvalue weighted by Crippen LogP contribution is -2.24. The molecule has 0 spiro atoms. The van der Waals surface area contributed by atoms with Gasteiger partial charge in [-0.2, -0.15) is 0 Å². The molecule has 0 fully saturated rings. The van der Waals surface area contributed by atoms with Gasteiger partial charge in [0, 0.05) is 6.26 Å². The van der Waals surface area contributed by atoms with Crippen molar-refractivity contribution in [2.75, 3.05) is 16.3 Å². The average Bonchev–Trinajstić information content (AvgIpc) is 2.74. The maximum absolute atomic E-state index is 11.8. The van der Waals surface area contributed by atoms with Crippen LogP contribution in [0.3, 0.4) is 0 Å². The molecule has 0 radical (unpaired) electrons. The van der Waals surface area contributed by atoms with E-state index < -0.39 is 11.0 Å². The largest absolute Gasteiger partial charge is 0.374 e. The highest BCUT2D eigenvalue weighted by molar-refractivity contribution is 7.85. The Morgan fingerprint density at radius 1 is 1.33 bits per heavy atom. The van der Waals surface area contributed by atoms with E-state index in [9.17, 15) is 4.21 Å². The Balaban J connectivity index is 2.22. The molecule has 0 saturated heterocycles. The number of aryl methyl sites for hydroxylation is 1. The van der Waals surface area contributed by atoms with E-state index in [1.54, 1.807) is 10.6 Å². The average molecular weight is 282 g/mol. The molecule has 1 atom stereocenters. The first-order valence-electron chi connectivity index (χ1n) is 5.32. The maximum Gasteiger partial charge on any atom is 0.222 e. The van der Waals surface area contributed by atoms with Gasteiger partial charge in [-0.3, -0.25) is 4.31 Å². The van der Waals surface area contributed by atoms with Gasteiger partial charge >= 0.3 is 0 Å². The van der Waals surface area contributed by atoms with Crippen LogP contribution in [0.25, 0.3) is 0 Å². The molecule has 1 aromatic heterocycles. The Bertz CT molecular complexity index is 552. The Morgan fingerprint density at radius 2 is 2.00 bits per heavy atom. The van der Waals surface area contributed by atoms with Crippen LogP contribution in [-0.4, -0.2) is 20.7 Å². The molecule has 0 saturated carbocycles. The van der Waals surface area contributed by atoms with Crippen molar-refractivity contribution >= 4 is 32.6 Å². The van der Waals surface area contributed by atoms with Crippen LogP contribution >= 0.6 is 11.3 Å². The number of hydrogen-bond acceptors (Lipinski definition) is 5. The number of nitrogens with zero attached hydrogens (tertiary/aromatic N) is 3. The van der Waals surface area contributed by atoms with Crippen LogP contribution in [0.5, 0.6) is 0 Å². The summed E-state index contributed by atoms with van der Waals surface area (Å²) in [7, 11) is -1.16. The standard InChI is InChI=1S/C11H14N4OS2/c1-8-3-5-9(6-4-8)7-15(18(2)16)11-14-13-10(12)17-11/h3-6H,7H2,1-2H3,(H2,12,13). The van der Waals surface area contributed by atoms with Gasteiger partial charge in [0.05, 0.1) is 6.54 Å². The van der Waals surface area contributed by atoms with Crippen LogP contribution in [-0.2, 0) is 17.5 Å². The summed E-state index contributed by atoms with van der Waals surface area (Å²) in [6, 6.07) is 8.08. The Labute approximate surface area is 112 Å². The lowest BCUT2D eigenvalue weighted by atomic mass is 10.1. The van der Waals surface area contributed by atoms with Gasteiger partial charge in [0.15, 0.2) is 0 Å². The Morgan fingerprint density at radius 3 is 2.50 bits per heavy atom. The molecule has 0 amide bonds. The van der Waals surface area contributed by atoms with E-state index in [4.69, 9.17) is 5.73 Å². The normalized spacial score (nSPS) is 12.3. The van der Waals surface area contributed by atoms with Gasteiger partial charge < -0.3 is 5.73 Å². The minimum absolute atomic E-state index is 0.379. The van der Waals surface area contributed by atoms with E-state index in [0.29, 0.717) is 16.8 Å². The predicted octanol–water partition coefficient (Wildman–Crippen LogP) is 1.73. The highest BCUT2D eigenvalue weighted by Crippen LogP contribution is 2.24. The molecule has 0 aliphatic rings. The van der Waals surface area contributed by atoms with Crippen LogP contribution in [0.4, 0.5) is 10.3 Å². The highest BCUT2D eigenvalue weighted by Gasteiger charge is 2.15. The zero-order chi connectivity index (χ0) is 13.1. The third-order valence-electron chi connectivity index (χ3n) is 2.40. The first kappa shape index (κ1) is 13.0. The molecule has 96 valence electrons. The highest BCUT2D eigenvalue weighted by atomic mass is 32.2. The van der Waals surface area contributed by atoms with Crippen molar-refractivity contribution in [3.05, 3.63) is 35.4 Å². The fourth-order valence-corrected chi connectivity index (χ4v) is 2.99. The molecule has 2 aromatic rings. The van der Waals surface area contributed by atoms with Crippen molar-refractivity contribution < 1.29 is 4.21 Å². The first-order chi connectivity index (χ1) is 8.56. The quantitative estimate of drug-likeness (QED) is 0.927. The van der Waals surface area contributed by atoms with Crippen molar-refractivity contribution in [1.29, 1.82) is 0 Å². The van der Waals surface area contributed by atoms with Crippen molar-refractivity contribution in [3.8, 4) is 0 Å². The first-order valence-corrected chi connectivity index (χ1v) is 7.65. The molecule has 0 bridgehead atoms. The van der Waals surface area contributed by atoms with Crippen molar-refractivity contribution in [2.24, 2.45) is 0 Å². The second-order valence-corrected chi connectivity index (χ2v) is 6.14. The number of aromatic nitrogens is 2. The second-order valence-electron chi connectivity index (χ2n) is 3.87. The number of hydrogen-bond donors (Lipinski definition) is 1. The molecule has 2 rings (SSSR count). The minimum atomic E-state index is -1.16. The Hall–Kier alpha value is -1.47. The topological polar surface area (TPSA) is 72.1 Å². The van der Waals surface area contributed by atoms with E-state index in [1.165, 1.54) is 16.9 Å². The van der Waals surface area contributed by atoms with Gasteiger partial charge in [-0.25, -0.2) is 4.21 Å². The van der Waals surface area contributed by atoms with Crippen LogP contribution in [0.1, 0.15) is 11.1 Å². The number of anilines is 2. The van der Waals surface area contributed by atoms with E-state index in [1.807, 2.05) is 31.2 Å². The van der Waals surface area contributed by atoms with Crippen LogP contribution in [0, 0.1) is 6.92 Å². The van der Waals surface area contributed by atoms with E-state index >= 15 is 0 Å². The van der Waals surface area contributed by atoms with Crippen LogP contribution in [0.15, 0.2) is 24.3 Å². The predicted molar refractivity (Wildman–Crippen MR) is 75.7 cm³/mol. The summed E-state index contributed by atoms with van der Waals surface area (Å²) >= 11 is 1.23. The molecule has 18 heavy (non-hydrogen) atoms. The van der Waals surface area contributed by atoms with Crippen LogP contribution in [0.2, 0.25) is 0 Å². The molecule has 7 heteroatoms. The molecular formula is C11H14N4OS2. The fraction of sp³-hybridized carbons (Fsp3) is 0.273. The summed E-state index contributed by atoms with van der Waals surface area (Å²) in [5.41, 5.74) is 7.82. The van der Waals surface area contributed by atoms with Crippen LogP contribution < -0.4 is 10.0 Å². The number of nitrogens with two attached hydrogens (primary N) is 1. The molecule has 2 N–H and O–H groups in total. The summed E-state index contributed by atoms with van der Waals surface area (Å²) in [5.74, 6) is 0. The summed E-state index contributed by atoms with van der Waals surface area (Å²) in [6.07, 6.45) is 1.62. The summed E-state index contributed by atoms with van der Waals surface area (Å²) < 4.78 is 13.4. The van der Waals surface area contributed by atoms with E-state index in [2.05, 4.69) is 10.2 Å². The minimum Gasteiger partial charge on any atom is -0.374 e. The van der Waals surface area contributed by atoms with Crippen molar-refractivity contribution in [1.82, 2.24) is 10.2 Å². The van der Waals surface area contributed by atoms with Gasteiger partial charge in [0.1, 0.15) is 11.0 Å². The van der Waals surface area contributed by atoms with Gasteiger partial charge in [0.2, 0.25) is 10.3 Å². The zero-order valence-electron chi connectivity index (χ0n) is 10.2. The summed E-state index contributed by atoms with van der Waals surface area (Å²) in [6.45, 7) is 2.56. The van der Waals surface area contributed by atoms with Gasteiger partial charge in [-0.15, -0.1) is 10.2 Å². The van der Waals surface area contributed by atoms with Gasteiger partial charge in [0.25, 0.3) is 0 Å². The molecule has 0 aliphatic carbocycles. The lowest BCUT2D eigenvalue weighted by Gasteiger charge is -2.17. The molecule has 1 unspecified atom stereocenters. The molecule has 1 aromatic carbocycles. The lowest BCUT2D eigenvalue weighted by molar-refractivity contribution is 0.682. The van der Waals surface area contributed by atoms with Crippen molar-refractivity contribution in [2.45, 2.75) is 13.5 Å². The number of rotatable bonds is 4. The molecular weight excluding hydrogens is 268 g/mol. The van der Waals surface area contributed by atoms with E-state index in [-0.39, 0.29) is 0 Å². The zero-order valence-corrected chi connectivity index (χ0v) is 11.8. The smallest absolute Gasteiger partial charge is 0.222 e. The van der Waals surface area contributed by atoms with Gasteiger partial charge in [-0.1, -0.05) is 41.2 Å². The third-order valence-corrected chi connectivity index (χ3v) is 4.21. The maximum atomic E-state index is 11.8. The van der Waals surface area contributed by atoms with Gasteiger partial charge in [-0.05, 0) is 12.5 Å². The molecule has 1 heterocycles. The van der Waals surface area contributed by atoms with Crippen molar-refractivity contribution in [3.63, 3.8) is 0 Å². The summed E-state index contributed by atoms with van der Waals surface area (Å²) in [5, 5.41) is 8.63. The Kier molecular flexibility index (Phi) is 3.93. The number of benzene rings is 1. The van der Waals surface area contributed by atoms with E-state index in [0.717, 1.165) is 5.56 Å². The SMILES string of the molecule is Cc1ccc(CN(c2nnc(N)s2)S(C)=O)cc1. The second kappa shape index (κ2) is 5.45. The monoisotopic (exact) mass is 282 g/mol. The number of nitrogen functional groups attached to an aromatic ring is 1. The summed E-state index contributed by atoms with van der Waals surface area (Å²) in [4.78, 5) is 0. The fourth-order valence-electron chi connectivity index (χ4n) is 1.46. The molecule has 0 aliphatic heterocycles. The molecule has 5 nitrogen and oxygen atoms in total. The third kappa shape index (κ3) is 3.05.